The van der Waals surface area contributed by atoms with Crippen LogP contribution in [0.15, 0.2) is 47.6 Å². The molecule has 0 aromatic heterocycles. The topological polar surface area (TPSA) is 41.6 Å². The Morgan fingerprint density at radius 3 is 2.85 bits per heavy atom. The van der Waals surface area contributed by atoms with Gasteiger partial charge in [-0.15, -0.1) is 0 Å². The van der Waals surface area contributed by atoms with E-state index in [1.54, 1.807) is 23.2 Å². The first-order chi connectivity index (χ1) is 9.63. The van der Waals surface area contributed by atoms with Crippen LogP contribution in [0.4, 0.5) is 15.8 Å². The molecule has 0 bridgehead atoms. The van der Waals surface area contributed by atoms with Crippen LogP contribution in [-0.2, 0) is 0 Å². The number of hydrazone groups is 1. The Labute approximate surface area is 121 Å². The molecule has 1 heterocycles. The first-order valence-corrected chi connectivity index (χ1v) is 6.67. The fourth-order valence-electron chi connectivity index (χ4n) is 2.25. The lowest BCUT2D eigenvalue weighted by Gasteiger charge is -2.13. The average Bonchev–Trinajstić information content (AvgIpc) is 2.91. The van der Waals surface area contributed by atoms with Gasteiger partial charge < -0.3 is 5.73 Å². The van der Waals surface area contributed by atoms with Gasteiger partial charge in [0.05, 0.1) is 11.4 Å². The summed E-state index contributed by atoms with van der Waals surface area (Å²) in [6.07, 6.45) is 0.751. The molecule has 2 aromatic carbocycles. The van der Waals surface area contributed by atoms with Crippen LogP contribution in [0.5, 0.6) is 0 Å². The highest BCUT2D eigenvalue weighted by molar-refractivity contribution is 6.31. The molecule has 0 spiro atoms. The lowest BCUT2D eigenvalue weighted by atomic mass is 10.1. The van der Waals surface area contributed by atoms with E-state index < -0.39 is 0 Å². The van der Waals surface area contributed by atoms with E-state index in [2.05, 4.69) is 5.10 Å². The van der Waals surface area contributed by atoms with Crippen molar-refractivity contribution < 1.29 is 4.39 Å². The van der Waals surface area contributed by atoms with Gasteiger partial charge in [0.25, 0.3) is 0 Å². The number of nitrogens with two attached hydrogens (primary N) is 1. The lowest BCUT2D eigenvalue weighted by Crippen LogP contribution is -2.11. The van der Waals surface area contributed by atoms with Crippen LogP contribution in [-0.4, -0.2) is 12.3 Å². The molecule has 20 heavy (non-hydrogen) atoms. The fraction of sp³-hybridized carbons (Fsp3) is 0.133. The number of rotatable bonds is 2. The predicted molar refractivity (Wildman–Crippen MR) is 80.8 cm³/mol. The van der Waals surface area contributed by atoms with Gasteiger partial charge in [-0.2, -0.15) is 5.10 Å². The number of hydrogen-bond donors (Lipinski definition) is 1. The van der Waals surface area contributed by atoms with Crippen molar-refractivity contribution in [1.82, 2.24) is 0 Å². The number of anilines is 2. The first-order valence-electron chi connectivity index (χ1n) is 6.29. The number of benzene rings is 2. The second-order valence-electron chi connectivity index (χ2n) is 4.63. The zero-order valence-corrected chi connectivity index (χ0v) is 11.4. The lowest BCUT2D eigenvalue weighted by molar-refractivity contribution is 0.627. The van der Waals surface area contributed by atoms with Crippen LogP contribution in [0.2, 0.25) is 5.02 Å². The van der Waals surface area contributed by atoms with E-state index in [-0.39, 0.29) is 5.82 Å². The van der Waals surface area contributed by atoms with Crippen molar-refractivity contribution in [2.24, 2.45) is 5.10 Å². The minimum Gasteiger partial charge on any atom is -0.398 e. The Hall–Kier alpha value is -2.07. The Kier molecular flexibility index (Phi) is 3.32. The summed E-state index contributed by atoms with van der Waals surface area (Å²) in [5.41, 5.74) is 9.06. The van der Waals surface area contributed by atoms with Crippen molar-refractivity contribution in [3.8, 4) is 0 Å². The smallest absolute Gasteiger partial charge is 0.125 e. The molecule has 1 aliphatic heterocycles. The molecule has 0 amide bonds. The molecule has 3 nitrogen and oxygen atoms in total. The summed E-state index contributed by atoms with van der Waals surface area (Å²) >= 11 is 6.00. The maximum absolute atomic E-state index is 13.2. The SMILES string of the molecule is Nc1ccc(Cl)cc1C1=NN(c2cccc(F)c2)CC1. The maximum atomic E-state index is 13.2. The highest BCUT2D eigenvalue weighted by atomic mass is 35.5. The van der Waals surface area contributed by atoms with Gasteiger partial charge in [0.15, 0.2) is 0 Å². The largest absolute Gasteiger partial charge is 0.398 e. The van der Waals surface area contributed by atoms with E-state index in [0.717, 1.165) is 23.4 Å². The van der Waals surface area contributed by atoms with Crippen LogP contribution >= 0.6 is 11.6 Å². The predicted octanol–water partition coefficient (Wildman–Crippen LogP) is 3.68. The molecule has 102 valence electrons. The van der Waals surface area contributed by atoms with E-state index in [0.29, 0.717) is 17.3 Å². The van der Waals surface area contributed by atoms with Crippen molar-refractivity contribution in [1.29, 1.82) is 0 Å². The Balaban J connectivity index is 1.93. The zero-order chi connectivity index (χ0) is 14.1. The third kappa shape index (κ3) is 2.47. The van der Waals surface area contributed by atoms with E-state index in [4.69, 9.17) is 17.3 Å². The van der Waals surface area contributed by atoms with Gasteiger partial charge >= 0.3 is 0 Å². The molecule has 2 aromatic rings. The van der Waals surface area contributed by atoms with Gasteiger partial charge in [-0.05, 0) is 36.4 Å². The quantitative estimate of drug-likeness (QED) is 0.857. The standard InChI is InChI=1S/C15H13ClFN3/c16-10-4-5-14(18)13(8-10)15-6-7-20(19-15)12-3-1-2-11(17)9-12/h1-5,8-9H,6-7,18H2. The summed E-state index contributed by atoms with van der Waals surface area (Å²) in [6.45, 7) is 0.699. The van der Waals surface area contributed by atoms with Gasteiger partial charge in [-0.3, -0.25) is 5.01 Å². The Morgan fingerprint density at radius 1 is 1.20 bits per heavy atom. The molecule has 1 aliphatic rings. The normalized spacial score (nSPS) is 14.5. The molecule has 0 fully saturated rings. The third-order valence-corrected chi connectivity index (χ3v) is 3.47. The molecule has 5 heteroatoms. The van der Waals surface area contributed by atoms with E-state index in [9.17, 15) is 4.39 Å². The number of halogens is 2. The van der Waals surface area contributed by atoms with Crippen molar-refractivity contribution in [3.63, 3.8) is 0 Å². The number of hydrogen-bond acceptors (Lipinski definition) is 3. The van der Waals surface area contributed by atoms with Crippen molar-refractivity contribution in [2.45, 2.75) is 6.42 Å². The average molecular weight is 290 g/mol. The summed E-state index contributed by atoms with van der Waals surface area (Å²) in [6, 6.07) is 11.7. The monoisotopic (exact) mass is 289 g/mol. The van der Waals surface area contributed by atoms with Crippen molar-refractivity contribution in [2.75, 3.05) is 17.3 Å². The summed E-state index contributed by atoms with van der Waals surface area (Å²) in [7, 11) is 0. The summed E-state index contributed by atoms with van der Waals surface area (Å²) in [5, 5.41) is 6.92. The first kappa shape index (κ1) is 12.9. The summed E-state index contributed by atoms with van der Waals surface area (Å²) in [5.74, 6) is -0.270. The molecule has 0 aliphatic carbocycles. The van der Waals surface area contributed by atoms with Crippen LogP contribution in [0.3, 0.4) is 0 Å². The van der Waals surface area contributed by atoms with E-state index in [1.165, 1.54) is 12.1 Å². The Morgan fingerprint density at radius 2 is 2.05 bits per heavy atom. The molecular formula is C15H13ClFN3. The second kappa shape index (κ2) is 5.13. The van der Waals surface area contributed by atoms with Gasteiger partial charge in [-0.25, -0.2) is 4.39 Å². The van der Waals surface area contributed by atoms with Gasteiger partial charge in [0.1, 0.15) is 5.82 Å². The molecule has 0 radical (unpaired) electrons. The van der Waals surface area contributed by atoms with Crippen LogP contribution in [0.25, 0.3) is 0 Å². The number of nitrogens with zero attached hydrogens (tertiary/aromatic N) is 2. The van der Waals surface area contributed by atoms with Crippen LogP contribution in [0.1, 0.15) is 12.0 Å². The van der Waals surface area contributed by atoms with Gasteiger partial charge in [-0.1, -0.05) is 17.7 Å². The molecule has 3 rings (SSSR count). The molecule has 0 saturated heterocycles. The molecule has 2 N–H and O–H groups in total. The second-order valence-corrected chi connectivity index (χ2v) is 5.07. The van der Waals surface area contributed by atoms with E-state index >= 15 is 0 Å². The fourth-order valence-corrected chi connectivity index (χ4v) is 2.42. The van der Waals surface area contributed by atoms with E-state index in [1.807, 2.05) is 12.1 Å². The van der Waals surface area contributed by atoms with Gasteiger partial charge in [0.2, 0.25) is 0 Å². The number of nitrogen functional groups attached to an aromatic ring is 1. The van der Waals surface area contributed by atoms with Gasteiger partial charge in [0, 0.05) is 29.2 Å². The molecule has 0 unspecified atom stereocenters. The third-order valence-electron chi connectivity index (χ3n) is 3.23. The highest BCUT2D eigenvalue weighted by Gasteiger charge is 2.19. The highest BCUT2D eigenvalue weighted by Crippen LogP contribution is 2.26. The molecule has 0 atom stereocenters. The van der Waals surface area contributed by atoms with Crippen molar-refractivity contribution >= 4 is 28.7 Å². The van der Waals surface area contributed by atoms with Crippen LogP contribution in [0, 0.1) is 5.82 Å². The van der Waals surface area contributed by atoms with Crippen LogP contribution < -0.4 is 10.7 Å². The van der Waals surface area contributed by atoms with Crippen molar-refractivity contribution in [3.05, 3.63) is 58.9 Å². The minimum absolute atomic E-state index is 0.270. The minimum atomic E-state index is -0.270. The zero-order valence-electron chi connectivity index (χ0n) is 10.7. The summed E-state index contributed by atoms with van der Waals surface area (Å²) in [4.78, 5) is 0. The Bertz CT molecular complexity index is 685. The molecular weight excluding hydrogens is 277 g/mol. The summed E-state index contributed by atoms with van der Waals surface area (Å²) < 4.78 is 13.2. The maximum Gasteiger partial charge on any atom is 0.125 e. The molecule has 0 saturated carbocycles.